The van der Waals surface area contributed by atoms with Crippen LogP contribution < -0.4 is 9.47 Å². The Balaban J connectivity index is 1.07. The van der Waals surface area contributed by atoms with Crippen LogP contribution in [0.2, 0.25) is 0 Å². The van der Waals surface area contributed by atoms with Gasteiger partial charge in [0.05, 0.1) is 25.9 Å². The van der Waals surface area contributed by atoms with E-state index in [1.165, 1.54) is 34.4 Å². The number of hydrogen-bond donors (Lipinski definition) is 4. The summed E-state index contributed by atoms with van der Waals surface area (Å²) in [7, 11) is -5.61. The molecule has 2 saturated heterocycles. The lowest BCUT2D eigenvalue weighted by atomic mass is 10.1. The van der Waals surface area contributed by atoms with Gasteiger partial charge < -0.3 is 38.2 Å². The van der Waals surface area contributed by atoms with Gasteiger partial charge in [0.15, 0.2) is 47.1 Å². The lowest BCUT2D eigenvalue weighted by Crippen LogP contribution is -2.31. The van der Waals surface area contributed by atoms with Crippen molar-refractivity contribution in [2.45, 2.75) is 49.2 Å². The van der Waals surface area contributed by atoms with Gasteiger partial charge >= 0.3 is 0 Å². The summed E-state index contributed by atoms with van der Waals surface area (Å²) in [6.07, 6.45) is -2.67. The van der Waals surface area contributed by atoms with Crippen LogP contribution in [0.15, 0.2) is 37.5 Å². The quantitative estimate of drug-likeness (QED) is 0.0821. The summed E-state index contributed by atoms with van der Waals surface area (Å²) in [5.41, 5.74) is 0.819. The monoisotopic (exact) mass is 752 g/mol. The maximum atomic E-state index is 15.2. The van der Waals surface area contributed by atoms with Crippen molar-refractivity contribution in [3.05, 3.63) is 37.5 Å². The zero-order chi connectivity index (χ0) is 33.9. The van der Waals surface area contributed by atoms with Crippen molar-refractivity contribution in [1.82, 2.24) is 39.0 Å². The first-order valence-electron chi connectivity index (χ1n) is 14.1. The van der Waals surface area contributed by atoms with E-state index in [0.717, 1.165) is 0 Å². The van der Waals surface area contributed by atoms with E-state index in [4.69, 9.17) is 28.0 Å². The highest BCUT2D eigenvalue weighted by Crippen LogP contribution is 2.43. The third-order valence-corrected chi connectivity index (χ3v) is 8.95. The third kappa shape index (κ3) is 7.09. The van der Waals surface area contributed by atoms with Gasteiger partial charge in [-0.05, 0) is 12.2 Å². The molecule has 6 rings (SSSR count). The molecule has 0 radical (unpaired) electrons. The Labute approximate surface area is 280 Å². The summed E-state index contributed by atoms with van der Waals surface area (Å²) in [4.78, 5) is 25.0. The first kappa shape index (κ1) is 35.1. The number of thiol groups is 2. The van der Waals surface area contributed by atoms with Crippen LogP contribution >= 0.6 is 39.0 Å². The Bertz CT molecular complexity index is 1700. The molecular weight excluding hydrogens is 724 g/mol. The molecule has 3 unspecified atom stereocenters. The second-order valence-electron chi connectivity index (χ2n) is 10.2. The maximum Gasteiger partial charge on any atom is 0.245 e. The molecule has 0 spiro atoms. The molecule has 0 aliphatic carbocycles. The van der Waals surface area contributed by atoms with Gasteiger partial charge in [0.25, 0.3) is 0 Å². The summed E-state index contributed by atoms with van der Waals surface area (Å²) in [6.45, 7) is -1.07. The molecule has 0 aromatic carbocycles. The van der Waals surface area contributed by atoms with E-state index in [0.29, 0.717) is 0 Å². The van der Waals surface area contributed by atoms with Crippen molar-refractivity contribution >= 4 is 61.3 Å². The first-order valence-corrected chi connectivity index (χ1v) is 19.3. The molecule has 24 heteroatoms. The minimum atomic E-state index is -2.81. The molecule has 6 heterocycles. The fraction of sp³-hybridized carbons (Fsp3) is 0.500. The van der Waals surface area contributed by atoms with E-state index >= 15 is 8.78 Å². The number of nitrogens with zero attached hydrogens (tertiary/aromatic N) is 8. The summed E-state index contributed by atoms with van der Waals surface area (Å²) in [6, 6.07) is 0. The predicted molar refractivity (Wildman–Crippen MR) is 168 cm³/mol. The van der Waals surface area contributed by atoms with Gasteiger partial charge in [-0.2, -0.15) is 9.97 Å². The molecule has 2 N–H and O–H groups in total. The Kier molecular flexibility index (Phi) is 11.3. The molecule has 260 valence electrons. The maximum absolute atomic E-state index is 15.2. The van der Waals surface area contributed by atoms with E-state index < -0.39 is 76.9 Å². The van der Waals surface area contributed by atoms with Gasteiger partial charge in [-0.25, -0.2) is 28.7 Å². The molecule has 2 aliphatic rings. The predicted octanol–water partition coefficient (Wildman–Crippen LogP) is 1.84. The summed E-state index contributed by atoms with van der Waals surface area (Å²) in [5.74, 6) is 0.205. The standard InChI is InChI=1S/C24H28F2N8O10P2S2/c25-13-17(43-45(37)47)11(5-35)41-23(13)33-9-31-15-19(33)27-7-29-21(15)39-3-1-2-4-40-22-16-20(28-8-30-22)34(10-32-16)24-14(26)18(44-46(38)48)12(6-36)42-24/h1-2,7-14,17-18,23-24,35-36,45-46H,3-6H2,(H,37,47)(H,38,48)/b2-1+/t11-,12-,13-,14-,17-,18-,23-,24?/m1/s1. The molecule has 48 heavy (non-hydrogen) atoms. The topological polar surface area (TPSA) is 217 Å². The van der Waals surface area contributed by atoms with E-state index in [2.05, 4.69) is 54.4 Å². The molecule has 2 fully saturated rings. The van der Waals surface area contributed by atoms with Gasteiger partial charge in [-0.15, -0.1) is 0 Å². The Morgan fingerprint density at radius 1 is 0.750 bits per heavy atom. The molecule has 0 bridgehead atoms. The average molecular weight is 753 g/mol. The van der Waals surface area contributed by atoms with Crippen LogP contribution in [0, 0.1) is 0 Å². The summed E-state index contributed by atoms with van der Waals surface area (Å²) >= 11 is 7.40. The van der Waals surface area contributed by atoms with Crippen LogP contribution in [0.5, 0.6) is 11.8 Å². The van der Waals surface area contributed by atoms with Gasteiger partial charge in [-0.3, -0.25) is 18.3 Å². The van der Waals surface area contributed by atoms with Crippen molar-refractivity contribution < 1.29 is 56.1 Å². The molecule has 18 nitrogen and oxygen atoms in total. The second-order valence-corrected chi connectivity index (χ2v) is 13.9. The SMILES string of the molecule is O=[PH](S)O[C@@H]1[C@@H](CO)OC(n2cnc3c(OC/C=C/COc4ncnc5c4ncn5[C@@H]4O[C@H](CO)[C@@H](O[PH](=O)S)[C@H]4F)ncnc32)[C@@H]1F. The minimum absolute atomic E-state index is 0.0330. The van der Waals surface area contributed by atoms with Crippen molar-refractivity contribution in [2.24, 2.45) is 0 Å². The number of imidazole rings is 2. The largest absolute Gasteiger partial charge is 0.472 e. The number of rotatable bonds is 14. The smallest absolute Gasteiger partial charge is 0.245 e. The number of hydrogen-bond acceptors (Lipinski definition) is 16. The number of fused-ring (bicyclic) bond motifs is 2. The van der Waals surface area contributed by atoms with Gasteiger partial charge in [-0.1, -0.05) is 24.5 Å². The first-order chi connectivity index (χ1) is 23.2. The normalized spacial score (nSPS) is 28.9. The minimum Gasteiger partial charge on any atom is -0.472 e. The molecule has 10 atom stereocenters. The highest BCUT2D eigenvalue weighted by molar-refractivity contribution is 8.39. The van der Waals surface area contributed by atoms with E-state index in [9.17, 15) is 19.3 Å². The van der Waals surface area contributed by atoms with E-state index in [1.54, 1.807) is 12.2 Å². The number of aliphatic hydroxyl groups excluding tert-OH is 2. The van der Waals surface area contributed by atoms with Crippen molar-refractivity contribution in [1.29, 1.82) is 0 Å². The highest BCUT2D eigenvalue weighted by Gasteiger charge is 2.49. The van der Waals surface area contributed by atoms with Crippen LogP contribution in [-0.4, -0.2) is 112 Å². The van der Waals surface area contributed by atoms with Gasteiger partial charge in [0.1, 0.15) is 50.3 Å². The number of aliphatic hydroxyl groups is 2. The summed E-state index contributed by atoms with van der Waals surface area (Å²) in [5, 5.41) is 19.2. The number of halogens is 2. The lowest BCUT2D eigenvalue weighted by Gasteiger charge is -2.16. The lowest BCUT2D eigenvalue weighted by molar-refractivity contribution is -0.0427. The molecule has 4 aromatic rings. The molecule has 0 saturated carbocycles. The zero-order valence-electron chi connectivity index (χ0n) is 24.3. The van der Waals surface area contributed by atoms with Crippen molar-refractivity contribution in [3.63, 3.8) is 0 Å². The van der Waals surface area contributed by atoms with Crippen LogP contribution in [-0.2, 0) is 27.7 Å². The van der Waals surface area contributed by atoms with Crippen molar-refractivity contribution in [3.8, 4) is 11.8 Å². The second kappa shape index (κ2) is 15.4. The third-order valence-electron chi connectivity index (χ3n) is 7.37. The Morgan fingerprint density at radius 3 is 1.54 bits per heavy atom. The zero-order valence-corrected chi connectivity index (χ0v) is 28.1. The number of ether oxygens (including phenoxy) is 4. The Hall–Kier alpha value is -2.78. The van der Waals surface area contributed by atoms with Crippen LogP contribution in [0.1, 0.15) is 12.5 Å². The highest BCUT2D eigenvalue weighted by atomic mass is 32.7. The number of aromatic nitrogens is 8. The van der Waals surface area contributed by atoms with E-state index in [1.807, 2.05) is 0 Å². The fourth-order valence-corrected chi connectivity index (χ4v) is 7.04. The van der Waals surface area contributed by atoms with Gasteiger partial charge in [0.2, 0.25) is 26.2 Å². The molecular formula is C24H28F2N8O10P2S2. The van der Waals surface area contributed by atoms with Gasteiger partial charge in [0, 0.05) is 0 Å². The van der Waals surface area contributed by atoms with Crippen LogP contribution in [0.3, 0.4) is 0 Å². The summed E-state index contributed by atoms with van der Waals surface area (Å²) < 4.78 is 88.8. The molecule has 2 aliphatic heterocycles. The van der Waals surface area contributed by atoms with E-state index in [-0.39, 0.29) is 47.3 Å². The fourth-order valence-electron chi connectivity index (χ4n) is 5.28. The molecule has 0 amide bonds. The van der Waals surface area contributed by atoms with Crippen LogP contribution in [0.4, 0.5) is 8.78 Å². The molecule has 4 aromatic heterocycles. The Morgan fingerprint density at radius 2 is 1.17 bits per heavy atom. The van der Waals surface area contributed by atoms with Crippen LogP contribution in [0.25, 0.3) is 22.3 Å². The van der Waals surface area contributed by atoms with Crippen molar-refractivity contribution in [2.75, 3.05) is 26.4 Å². The average Bonchev–Trinajstić information content (AvgIpc) is 3.83. The number of alkyl halides is 2.